The second-order valence-electron chi connectivity index (χ2n) is 9.81. The van der Waals surface area contributed by atoms with E-state index in [1.54, 1.807) is 11.1 Å². The fourth-order valence-electron chi connectivity index (χ4n) is 4.19. The Morgan fingerprint density at radius 1 is 1.15 bits per heavy atom. The van der Waals surface area contributed by atoms with Crippen molar-refractivity contribution >= 4 is 11.9 Å². The van der Waals surface area contributed by atoms with Crippen molar-refractivity contribution in [2.24, 2.45) is 16.8 Å². The van der Waals surface area contributed by atoms with Crippen LogP contribution >= 0.6 is 0 Å². The summed E-state index contributed by atoms with van der Waals surface area (Å²) in [5, 5.41) is 14.8. The summed E-state index contributed by atoms with van der Waals surface area (Å²) < 4.78 is 6.23. The Labute approximate surface area is 236 Å². The van der Waals surface area contributed by atoms with Crippen molar-refractivity contribution in [1.29, 1.82) is 5.26 Å². The molecule has 1 aliphatic rings. The number of rotatable bonds is 7. The predicted molar refractivity (Wildman–Crippen MR) is 164 cm³/mol. The van der Waals surface area contributed by atoms with Crippen LogP contribution in [-0.4, -0.2) is 52.4 Å². The Morgan fingerprint density at radius 3 is 2.23 bits per heavy atom. The zero-order valence-corrected chi connectivity index (χ0v) is 25.2. The standard InChI is InChI=1S/C27H37N7O.2C2H6/c1-6-7-8-23-17-24(35-20(23)2)25(26(31-29)34(30)27(3,4)5)33-15-13-32(14-16-33)19-22-11-9-21(18-28)10-12-22;2*1-2/h6-12,17,25H,1,13-16,19,29-30H2,2-5H3;2*1-2H3/b8-7-,31-26-;;. The fourth-order valence-corrected chi connectivity index (χ4v) is 4.19. The average Bonchev–Trinajstić information content (AvgIpc) is 3.32. The number of hydrogen-bond donors (Lipinski definition) is 2. The summed E-state index contributed by atoms with van der Waals surface area (Å²) in [5.41, 5.74) is 2.48. The number of piperazine rings is 1. The van der Waals surface area contributed by atoms with Gasteiger partial charge in [-0.25, -0.2) is 5.84 Å². The quantitative estimate of drug-likeness (QED) is 0.151. The molecule has 8 nitrogen and oxygen atoms in total. The Hall–Kier alpha value is -3.38. The Balaban J connectivity index is 0.00000181. The van der Waals surface area contributed by atoms with Gasteiger partial charge in [0.05, 0.1) is 11.6 Å². The number of hydrogen-bond acceptors (Lipinski definition) is 7. The summed E-state index contributed by atoms with van der Waals surface area (Å²) in [6, 6.07) is 11.7. The molecule has 1 aromatic carbocycles. The zero-order valence-electron chi connectivity index (χ0n) is 25.2. The van der Waals surface area contributed by atoms with Crippen LogP contribution in [0, 0.1) is 18.3 Å². The summed E-state index contributed by atoms with van der Waals surface area (Å²) in [4.78, 5) is 4.73. The largest absolute Gasteiger partial charge is 0.464 e. The van der Waals surface area contributed by atoms with Crippen molar-refractivity contribution in [2.75, 3.05) is 26.2 Å². The van der Waals surface area contributed by atoms with Gasteiger partial charge in [0.1, 0.15) is 17.6 Å². The number of hydrazine groups is 1. The molecular formula is C31H49N7O. The Bertz CT molecular complexity index is 1100. The highest BCUT2D eigenvalue weighted by molar-refractivity contribution is 5.88. The monoisotopic (exact) mass is 535 g/mol. The van der Waals surface area contributed by atoms with E-state index in [2.05, 4.69) is 27.5 Å². The number of nitriles is 1. The van der Waals surface area contributed by atoms with E-state index in [-0.39, 0.29) is 11.6 Å². The molecule has 1 aromatic heterocycles. The lowest BCUT2D eigenvalue weighted by Crippen LogP contribution is -2.57. The van der Waals surface area contributed by atoms with Crippen LogP contribution in [0.15, 0.2) is 58.6 Å². The van der Waals surface area contributed by atoms with Crippen LogP contribution in [0.25, 0.3) is 6.08 Å². The van der Waals surface area contributed by atoms with Crippen LogP contribution in [0.1, 0.15) is 82.7 Å². The number of amidine groups is 1. The summed E-state index contributed by atoms with van der Waals surface area (Å²) >= 11 is 0. The van der Waals surface area contributed by atoms with E-state index in [0.717, 1.165) is 49.8 Å². The number of nitrogens with zero attached hydrogens (tertiary/aromatic N) is 5. The molecule has 39 heavy (non-hydrogen) atoms. The van der Waals surface area contributed by atoms with Gasteiger partial charge in [-0.3, -0.25) is 14.8 Å². The molecule has 8 heteroatoms. The smallest absolute Gasteiger partial charge is 0.164 e. The van der Waals surface area contributed by atoms with Gasteiger partial charge in [-0.15, -0.1) is 0 Å². The fraction of sp³-hybridized carbons (Fsp3) is 0.484. The Morgan fingerprint density at radius 2 is 1.74 bits per heavy atom. The lowest BCUT2D eigenvalue weighted by molar-refractivity contribution is 0.0956. The maximum Gasteiger partial charge on any atom is 0.164 e. The van der Waals surface area contributed by atoms with Gasteiger partial charge in [0.2, 0.25) is 0 Å². The molecule has 1 atom stereocenters. The lowest BCUT2D eigenvalue weighted by atomic mass is 10.0. The molecule has 2 aromatic rings. The van der Waals surface area contributed by atoms with Gasteiger partial charge in [0.15, 0.2) is 5.84 Å². The molecule has 1 aliphatic heterocycles. The number of hydrazone groups is 1. The Kier molecular flexibility index (Phi) is 14.3. The minimum Gasteiger partial charge on any atom is -0.464 e. The van der Waals surface area contributed by atoms with Gasteiger partial charge in [-0.1, -0.05) is 64.6 Å². The molecule has 2 heterocycles. The van der Waals surface area contributed by atoms with Crippen LogP contribution in [0.5, 0.6) is 0 Å². The van der Waals surface area contributed by atoms with Crippen LogP contribution in [-0.2, 0) is 6.54 Å². The molecule has 0 bridgehead atoms. The molecule has 4 N–H and O–H groups in total. The summed E-state index contributed by atoms with van der Waals surface area (Å²) in [6.07, 6.45) is 5.61. The normalized spacial score (nSPS) is 15.4. The third kappa shape index (κ3) is 9.39. The van der Waals surface area contributed by atoms with E-state index >= 15 is 0 Å². The molecule has 1 saturated heterocycles. The van der Waals surface area contributed by atoms with Crippen LogP contribution < -0.4 is 11.7 Å². The molecule has 0 radical (unpaired) electrons. The van der Waals surface area contributed by atoms with Crippen molar-refractivity contribution in [1.82, 2.24) is 14.8 Å². The minimum atomic E-state index is -0.374. The average molecular weight is 536 g/mol. The van der Waals surface area contributed by atoms with Gasteiger partial charge in [0.25, 0.3) is 0 Å². The number of furan rings is 1. The third-order valence-corrected chi connectivity index (χ3v) is 6.26. The SMILES string of the molecule is C=C/C=C\c1cc(C(/C(=N/N)N(N)C(C)(C)C)N2CCN(Cc3ccc(C#N)cc3)CC2)oc1C.CC.CC. The maximum absolute atomic E-state index is 9.03. The van der Waals surface area contributed by atoms with Crippen molar-refractivity contribution in [3.63, 3.8) is 0 Å². The van der Waals surface area contributed by atoms with E-state index in [4.69, 9.17) is 21.4 Å². The molecule has 0 saturated carbocycles. The maximum atomic E-state index is 9.03. The lowest BCUT2D eigenvalue weighted by Gasteiger charge is -2.42. The third-order valence-electron chi connectivity index (χ3n) is 6.26. The zero-order chi connectivity index (χ0) is 29.6. The highest BCUT2D eigenvalue weighted by atomic mass is 16.3. The number of aryl methyl sites for hydroxylation is 1. The molecule has 0 amide bonds. The van der Waals surface area contributed by atoms with Crippen molar-refractivity contribution in [2.45, 2.75) is 73.5 Å². The molecule has 0 aliphatic carbocycles. The van der Waals surface area contributed by atoms with Gasteiger partial charge in [-0.05, 0) is 51.5 Å². The van der Waals surface area contributed by atoms with E-state index in [9.17, 15) is 0 Å². The first-order valence-corrected chi connectivity index (χ1v) is 13.9. The summed E-state index contributed by atoms with van der Waals surface area (Å²) in [7, 11) is 0. The van der Waals surface area contributed by atoms with E-state index in [1.807, 2.05) is 97.9 Å². The van der Waals surface area contributed by atoms with E-state index in [1.165, 1.54) is 5.56 Å². The molecular weight excluding hydrogens is 486 g/mol. The summed E-state index contributed by atoms with van der Waals surface area (Å²) in [5.74, 6) is 14.6. The predicted octanol–water partition coefficient (Wildman–Crippen LogP) is 5.82. The topological polar surface area (TPSA) is 111 Å². The van der Waals surface area contributed by atoms with Gasteiger partial charge >= 0.3 is 0 Å². The number of nitrogens with two attached hydrogens (primary N) is 2. The van der Waals surface area contributed by atoms with E-state index < -0.39 is 0 Å². The first kappa shape index (κ1) is 33.6. The van der Waals surface area contributed by atoms with Crippen molar-refractivity contribution < 1.29 is 4.42 Å². The molecule has 0 spiro atoms. The molecule has 1 unspecified atom stereocenters. The van der Waals surface area contributed by atoms with Crippen LogP contribution in [0.2, 0.25) is 0 Å². The van der Waals surface area contributed by atoms with Crippen LogP contribution in [0.3, 0.4) is 0 Å². The number of benzene rings is 1. The van der Waals surface area contributed by atoms with Gasteiger partial charge in [0, 0.05) is 43.8 Å². The highest BCUT2D eigenvalue weighted by Crippen LogP contribution is 2.31. The minimum absolute atomic E-state index is 0.314. The van der Waals surface area contributed by atoms with Crippen molar-refractivity contribution in [3.8, 4) is 6.07 Å². The number of allylic oxidation sites excluding steroid dienone is 2. The second kappa shape index (κ2) is 16.6. The van der Waals surface area contributed by atoms with Gasteiger partial charge < -0.3 is 10.3 Å². The van der Waals surface area contributed by atoms with E-state index in [0.29, 0.717) is 11.4 Å². The second-order valence-corrected chi connectivity index (χ2v) is 9.81. The van der Waals surface area contributed by atoms with Gasteiger partial charge in [-0.2, -0.15) is 10.4 Å². The molecule has 214 valence electrons. The highest BCUT2D eigenvalue weighted by Gasteiger charge is 2.37. The van der Waals surface area contributed by atoms with Crippen molar-refractivity contribution in [3.05, 3.63) is 77.3 Å². The summed E-state index contributed by atoms with van der Waals surface area (Å²) in [6.45, 7) is 24.0. The molecule has 3 rings (SSSR count). The molecule has 1 fully saturated rings. The first-order valence-electron chi connectivity index (χ1n) is 13.9. The first-order chi connectivity index (χ1) is 18.7. The van der Waals surface area contributed by atoms with Crippen LogP contribution in [0.4, 0.5) is 0 Å².